The lowest BCUT2D eigenvalue weighted by molar-refractivity contribution is -0.137. The standard InChI is InChI=1S/C20H19F3N4O/c1-26(12-14-11-24-27(2)13-14)19(28)17-8-3-4-9-18(17)25-16-7-5-6-15(10-16)20(21,22)23/h3-11,13,25H,12H2,1-2H3. The van der Waals surface area contributed by atoms with Crippen molar-refractivity contribution in [3.05, 3.63) is 77.6 Å². The van der Waals surface area contributed by atoms with Gasteiger partial charge >= 0.3 is 6.18 Å². The zero-order valence-electron chi connectivity index (χ0n) is 15.4. The molecular formula is C20H19F3N4O. The van der Waals surface area contributed by atoms with Crippen LogP contribution in [-0.2, 0) is 19.8 Å². The van der Waals surface area contributed by atoms with E-state index in [2.05, 4.69) is 10.4 Å². The maximum absolute atomic E-state index is 12.9. The van der Waals surface area contributed by atoms with E-state index in [1.54, 1.807) is 49.2 Å². The molecule has 2 aromatic carbocycles. The van der Waals surface area contributed by atoms with Crippen molar-refractivity contribution in [1.82, 2.24) is 14.7 Å². The van der Waals surface area contributed by atoms with Crippen LogP contribution in [0.5, 0.6) is 0 Å². The molecule has 0 aliphatic rings. The molecule has 28 heavy (non-hydrogen) atoms. The average molecular weight is 388 g/mol. The normalized spacial score (nSPS) is 11.3. The first-order valence-electron chi connectivity index (χ1n) is 8.50. The second-order valence-corrected chi connectivity index (χ2v) is 6.43. The van der Waals surface area contributed by atoms with Crippen molar-refractivity contribution < 1.29 is 18.0 Å². The molecule has 0 fully saturated rings. The molecule has 0 aliphatic carbocycles. The van der Waals surface area contributed by atoms with Crippen LogP contribution in [0, 0.1) is 0 Å². The number of nitrogens with zero attached hydrogens (tertiary/aromatic N) is 3. The smallest absolute Gasteiger partial charge is 0.355 e. The number of benzene rings is 2. The molecule has 1 aromatic heterocycles. The van der Waals surface area contributed by atoms with Crippen LogP contribution in [0.2, 0.25) is 0 Å². The number of halogens is 3. The number of alkyl halides is 3. The van der Waals surface area contributed by atoms with E-state index >= 15 is 0 Å². The largest absolute Gasteiger partial charge is 0.416 e. The van der Waals surface area contributed by atoms with Gasteiger partial charge in [0.15, 0.2) is 0 Å². The number of aryl methyl sites for hydroxylation is 1. The van der Waals surface area contributed by atoms with E-state index < -0.39 is 11.7 Å². The number of carbonyl (C=O) groups is 1. The highest BCUT2D eigenvalue weighted by atomic mass is 19.4. The van der Waals surface area contributed by atoms with Crippen LogP contribution in [0.15, 0.2) is 60.9 Å². The molecule has 3 rings (SSSR count). The Morgan fingerprint density at radius 3 is 2.61 bits per heavy atom. The van der Waals surface area contributed by atoms with E-state index in [0.717, 1.165) is 17.7 Å². The van der Waals surface area contributed by atoms with Crippen molar-refractivity contribution in [2.24, 2.45) is 7.05 Å². The molecular weight excluding hydrogens is 369 g/mol. The van der Waals surface area contributed by atoms with Gasteiger partial charge in [0.2, 0.25) is 0 Å². The third-order valence-electron chi connectivity index (χ3n) is 4.15. The van der Waals surface area contributed by atoms with Gasteiger partial charge in [0, 0.05) is 38.1 Å². The first kappa shape index (κ1) is 19.5. The number of aromatic nitrogens is 2. The zero-order chi connectivity index (χ0) is 20.3. The van der Waals surface area contributed by atoms with Crippen molar-refractivity contribution in [3.8, 4) is 0 Å². The number of carbonyl (C=O) groups excluding carboxylic acids is 1. The highest BCUT2D eigenvalue weighted by Crippen LogP contribution is 2.32. The number of nitrogens with one attached hydrogen (secondary N) is 1. The summed E-state index contributed by atoms with van der Waals surface area (Å²) in [5, 5.41) is 7.00. The summed E-state index contributed by atoms with van der Waals surface area (Å²) in [4.78, 5) is 14.4. The van der Waals surface area contributed by atoms with Crippen molar-refractivity contribution >= 4 is 17.3 Å². The van der Waals surface area contributed by atoms with Crippen molar-refractivity contribution in [1.29, 1.82) is 0 Å². The predicted octanol–water partition coefficient (Wildman–Crippen LogP) is 4.45. The third kappa shape index (κ3) is 4.51. The molecule has 0 saturated heterocycles. The van der Waals surface area contributed by atoms with Gasteiger partial charge in [-0.05, 0) is 30.3 Å². The maximum atomic E-state index is 12.9. The quantitative estimate of drug-likeness (QED) is 0.702. The predicted molar refractivity (Wildman–Crippen MR) is 100 cm³/mol. The Hall–Kier alpha value is -3.29. The van der Waals surface area contributed by atoms with Gasteiger partial charge < -0.3 is 10.2 Å². The lowest BCUT2D eigenvalue weighted by atomic mass is 10.1. The Kier molecular flexibility index (Phi) is 5.39. The Morgan fingerprint density at radius 1 is 1.18 bits per heavy atom. The summed E-state index contributed by atoms with van der Waals surface area (Å²) in [5.41, 5.74) is 1.18. The summed E-state index contributed by atoms with van der Waals surface area (Å²) in [6, 6.07) is 11.6. The molecule has 0 saturated carbocycles. The second kappa shape index (κ2) is 7.75. The van der Waals surface area contributed by atoms with E-state index in [0.29, 0.717) is 17.8 Å². The van der Waals surface area contributed by atoms with Gasteiger partial charge in [-0.1, -0.05) is 18.2 Å². The lowest BCUT2D eigenvalue weighted by Crippen LogP contribution is -2.26. The SMILES string of the molecule is CN(Cc1cnn(C)c1)C(=O)c1ccccc1Nc1cccc(C(F)(F)F)c1. The minimum absolute atomic E-state index is 0.251. The molecule has 5 nitrogen and oxygen atoms in total. The van der Waals surface area contributed by atoms with Crippen LogP contribution >= 0.6 is 0 Å². The summed E-state index contributed by atoms with van der Waals surface area (Å²) in [6.45, 7) is 0.366. The van der Waals surface area contributed by atoms with E-state index in [1.165, 1.54) is 17.0 Å². The number of hydrogen-bond acceptors (Lipinski definition) is 3. The number of amides is 1. The summed E-state index contributed by atoms with van der Waals surface area (Å²) < 4.78 is 40.4. The summed E-state index contributed by atoms with van der Waals surface area (Å²) in [7, 11) is 3.45. The Morgan fingerprint density at radius 2 is 1.93 bits per heavy atom. The van der Waals surface area contributed by atoms with Crippen LogP contribution in [0.25, 0.3) is 0 Å². The van der Waals surface area contributed by atoms with Crippen LogP contribution < -0.4 is 5.32 Å². The molecule has 0 radical (unpaired) electrons. The summed E-state index contributed by atoms with van der Waals surface area (Å²) >= 11 is 0. The fourth-order valence-corrected chi connectivity index (χ4v) is 2.81. The summed E-state index contributed by atoms with van der Waals surface area (Å²) in [6.07, 6.45) is -0.940. The summed E-state index contributed by atoms with van der Waals surface area (Å²) in [5.74, 6) is -0.251. The van der Waals surface area contributed by atoms with Gasteiger partial charge in [0.25, 0.3) is 5.91 Å². The van der Waals surface area contributed by atoms with E-state index in [9.17, 15) is 18.0 Å². The van der Waals surface area contributed by atoms with Crippen LogP contribution in [0.1, 0.15) is 21.5 Å². The highest BCUT2D eigenvalue weighted by molar-refractivity contribution is 6.00. The van der Waals surface area contributed by atoms with Gasteiger partial charge in [-0.3, -0.25) is 9.48 Å². The zero-order valence-corrected chi connectivity index (χ0v) is 15.4. The minimum atomic E-state index is -4.43. The Labute approximate surface area is 160 Å². The number of hydrogen-bond donors (Lipinski definition) is 1. The van der Waals surface area contributed by atoms with Crippen molar-refractivity contribution in [2.45, 2.75) is 12.7 Å². The first-order valence-corrected chi connectivity index (χ1v) is 8.50. The highest BCUT2D eigenvalue weighted by Gasteiger charge is 2.30. The lowest BCUT2D eigenvalue weighted by Gasteiger charge is -2.19. The molecule has 1 heterocycles. The fourth-order valence-electron chi connectivity index (χ4n) is 2.81. The third-order valence-corrected chi connectivity index (χ3v) is 4.15. The fraction of sp³-hybridized carbons (Fsp3) is 0.200. The van der Waals surface area contributed by atoms with Crippen molar-refractivity contribution in [2.75, 3.05) is 12.4 Å². The van der Waals surface area contributed by atoms with Crippen LogP contribution in [0.4, 0.5) is 24.5 Å². The molecule has 0 unspecified atom stereocenters. The maximum Gasteiger partial charge on any atom is 0.416 e. The number of anilines is 2. The van der Waals surface area contributed by atoms with Gasteiger partial charge in [-0.2, -0.15) is 18.3 Å². The van der Waals surface area contributed by atoms with E-state index in [4.69, 9.17) is 0 Å². The molecule has 1 N–H and O–H groups in total. The Bertz CT molecular complexity index is 981. The van der Waals surface area contributed by atoms with Crippen molar-refractivity contribution in [3.63, 3.8) is 0 Å². The minimum Gasteiger partial charge on any atom is -0.355 e. The Balaban J connectivity index is 1.82. The van der Waals surface area contributed by atoms with Gasteiger partial charge in [0.1, 0.15) is 0 Å². The van der Waals surface area contributed by atoms with E-state index in [-0.39, 0.29) is 11.6 Å². The molecule has 0 aliphatic heterocycles. The van der Waals surface area contributed by atoms with Gasteiger partial charge in [-0.15, -0.1) is 0 Å². The average Bonchev–Trinajstić information content (AvgIpc) is 3.06. The first-order chi connectivity index (χ1) is 13.2. The molecule has 1 amide bonds. The molecule has 146 valence electrons. The monoisotopic (exact) mass is 388 g/mol. The molecule has 0 bridgehead atoms. The molecule has 0 spiro atoms. The second-order valence-electron chi connectivity index (χ2n) is 6.43. The van der Waals surface area contributed by atoms with Crippen LogP contribution in [-0.4, -0.2) is 27.6 Å². The van der Waals surface area contributed by atoms with Gasteiger partial charge in [-0.25, -0.2) is 0 Å². The number of rotatable bonds is 5. The molecule has 8 heteroatoms. The molecule has 3 aromatic rings. The van der Waals surface area contributed by atoms with Crippen LogP contribution in [0.3, 0.4) is 0 Å². The topological polar surface area (TPSA) is 50.2 Å². The number of para-hydroxylation sites is 1. The van der Waals surface area contributed by atoms with E-state index in [1.807, 2.05) is 6.20 Å². The van der Waals surface area contributed by atoms with Gasteiger partial charge in [0.05, 0.1) is 23.0 Å². The molecule has 0 atom stereocenters.